The number of carbonyl (C=O) groups is 6. The second-order valence-corrected chi connectivity index (χ2v) is 26.3. The van der Waals surface area contributed by atoms with Crippen molar-refractivity contribution in [2.24, 2.45) is 0 Å². The minimum absolute atomic E-state index is 0.0490. The first-order valence-corrected chi connectivity index (χ1v) is 30.0. The Hall–Kier alpha value is -7.57. The molecule has 2 aliphatic heterocycles. The summed E-state index contributed by atoms with van der Waals surface area (Å²) < 4.78 is 11.2. The number of aromatic amines is 2. The Labute approximate surface area is 469 Å². The number of benzene rings is 3. The van der Waals surface area contributed by atoms with Crippen LogP contribution in [0.25, 0.3) is 22.1 Å². The van der Waals surface area contributed by atoms with E-state index in [9.17, 15) is 28.8 Å². The molecule has 6 aromatic rings. The third kappa shape index (κ3) is 11.3. The monoisotopic (exact) mass is 1100 g/mol. The molecule has 416 valence electrons. The largest absolute Gasteiger partial charge is 0.468 e. The van der Waals surface area contributed by atoms with Crippen LogP contribution in [0.5, 0.6) is 0 Å². The Morgan fingerprint density at radius 3 is 1.86 bits per heavy atom. The molecule has 0 fully saturated rings. The van der Waals surface area contributed by atoms with Crippen LogP contribution in [0.15, 0.2) is 109 Å². The van der Waals surface area contributed by atoms with Crippen LogP contribution in [0.2, 0.25) is 0 Å². The van der Waals surface area contributed by atoms with E-state index < -0.39 is 42.7 Å². The minimum atomic E-state index is -2.33. The highest BCUT2D eigenvalue weighted by Gasteiger charge is 2.47. The van der Waals surface area contributed by atoms with Crippen molar-refractivity contribution < 1.29 is 38.2 Å². The molecular weight excluding hydrogens is 1020 g/mol. The molecule has 2 amide bonds. The van der Waals surface area contributed by atoms with Gasteiger partial charge in [-0.3, -0.25) is 33.9 Å². The van der Waals surface area contributed by atoms with E-state index in [4.69, 9.17) is 19.4 Å². The molecule has 80 heavy (non-hydrogen) atoms. The van der Waals surface area contributed by atoms with Crippen LogP contribution in [0, 0.1) is 13.8 Å². The van der Waals surface area contributed by atoms with Crippen LogP contribution in [-0.4, -0.2) is 86.7 Å². The van der Waals surface area contributed by atoms with Gasteiger partial charge < -0.3 is 30.1 Å². The minimum Gasteiger partial charge on any atom is -0.468 e. The molecule has 6 atom stereocenters. The smallest absolute Gasteiger partial charge is 0.329 e. The molecule has 8 bridgehead atoms. The fraction of sp³-hybridized carbons (Fsp3) is 0.385. The van der Waals surface area contributed by atoms with Crippen molar-refractivity contribution in [2.45, 2.75) is 142 Å². The summed E-state index contributed by atoms with van der Waals surface area (Å²) in [6.07, 6.45) is 2.46. The molecular formula is C65H74N6O8P+. The number of nitrogens with zero attached hydrogens (tertiary/aromatic N) is 2. The lowest BCUT2D eigenvalue weighted by molar-refractivity contribution is -0.158. The van der Waals surface area contributed by atoms with Crippen molar-refractivity contribution in [3.8, 4) is 0 Å². The van der Waals surface area contributed by atoms with Crippen LogP contribution < -0.4 is 26.5 Å². The second kappa shape index (κ2) is 23.6. The summed E-state index contributed by atoms with van der Waals surface area (Å²) in [6, 6.07) is 35.9. The molecule has 0 radical (unpaired) electrons. The Kier molecular flexibility index (Phi) is 16.9. The first-order valence-electron chi connectivity index (χ1n) is 28.0. The predicted octanol–water partition coefficient (Wildman–Crippen LogP) is 10.7. The average Bonchev–Trinajstić information content (AvgIpc) is 4.20. The lowest BCUT2D eigenvalue weighted by Crippen LogP contribution is -2.45. The van der Waals surface area contributed by atoms with Gasteiger partial charge in [0.05, 0.1) is 36.4 Å². The van der Waals surface area contributed by atoms with Gasteiger partial charge in [-0.15, -0.1) is 0 Å². The fourth-order valence-corrected chi connectivity index (χ4v) is 16.5. The van der Waals surface area contributed by atoms with Crippen LogP contribution in [0.1, 0.15) is 177 Å². The molecule has 9 rings (SSSR count). The number of Topliss-reactive ketones (excluding diaryl/α,β-unsaturated/α-hetero) is 2. The van der Waals surface area contributed by atoms with E-state index >= 15 is 0 Å². The van der Waals surface area contributed by atoms with E-state index in [1.165, 1.54) is 7.11 Å². The Morgan fingerprint density at radius 1 is 0.725 bits per heavy atom. The number of nitrogens with one attached hydrogen (secondary N) is 4. The maximum absolute atomic E-state index is 14.6. The van der Waals surface area contributed by atoms with Gasteiger partial charge in [0, 0.05) is 81.4 Å². The number of esters is 2. The normalized spacial score (nSPS) is 18.1. The number of H-pyrrole nitrogens is 2. The number of fused-ring (bicyclic) bond motifs is 8. The molecule has 4 N–H and O–H groups in total. The molecule has 3 aromatic heterocycles. The van der Waals surface area contributed by atoms with Crippen molar-refractivity contribution in [1.29, 1.82) is 0 Å². The predicted molar refractivity (Wildman–Crippen MR) is 316 cm³/mol. The topological polar surface area (TPSA) is 202 Å². The lowest BCUT2D eigenvalue weighted by Gasteiger charge is -2.28. The molecule has 0 saturated carbocycles. The Bertz CT molecular complexity index is 3430. The van der Waals surface area contributed by atoms with Gasteiger partial charge in [-0.1, -0.05) is 75.4 Å². The molecule has 1 aliphatic carbocycles. The molecule has 5 heterocycles. The van der Waals surface area contributed by atoms with Crippen molar-refractivity contribution in [1.82, 2.24) is 30.6 Å². The van der Waals surface area contributed by atoms with E-state index in [1.807, 2.05) is 93.6 Å². The summed E-state index contributed by atoms with van der Waals surface area (Å²) in [4.78, 5) is 101. The zero-order valence-electron chi connectivity index (χ0n) is 47.6. The number of hydrogen-bond donors (Lipinski definition) is 4. The molecule has 15 heteroatoms. The first kappa shape index (κ1) is 57.1. The van der Waals surface area contributed by atoms with Crippen LogP contribution in [0.4, 0.5) is 0 Å². The van der Waals surface area contributed by atoms with Crippen LogP contribution >= 0.6 is 7.26 Å². The van der Waals surface area contributed by atoms with Crippen LogP contribution in [-0.2, 0) is 28.7 Å². The average molecular weight is 1100 g/mol. The summed E-state index contributed by atoms with van der Waals surface area (Å²) in [6.45, 7) is 17.2. The Morgan fingerprint density at radius 2 is 1.29 bits per heavy atom. The molecule has 14 nitrogen and oxygen atoms in total. The highest BCUT2D eigenvalue weighted by atomic mass is 31.2. The number of methoxy groups -OCH3 is 1. The summed E-state index contributed by atoms with van der Waals surface area (Å²) in [5.41, 5.74) is 7.47. The van der Waals surface area contributed by atoms with E-state index in [0.29, 0.717) is 74.7 Å². The fourth-order valence-electron chi connectivity index (χ4n) is 12.3. The van der Waals surface area contributed by atoms with Crippen molar-refractivity contribution >= 4 is 80.6 Å². The zero-order chi connectivity index (χ0) is 57.2. The number of ketones is 2. The third-order valence-corrected chi connectivity index (χ3v) is 20.8. The number of aryl methyl sites for hydroxylation is 2. The van der Waals surface area contributed by atoms with Gasteiger partial charge in [-0.25, -0.2) is 4.79 Å². The molecule has 3 aromatic carbocycles. The number of rotatable bonds is 18. The van der Waals surface area contributed by atoms with Gasteiger partial charge in [0.15, 0.2) is 11.6 Å². The van der Waals surface area contributed by atoms with Crippen molar-refractivity contribution in [3.05, 3.63) is 160 Å². The quantitative estimate of drug-likeness (QED) is 0.0211. The second-order valence-electron chi connectivity index (χ2n) is 22.6. The van der Waals surface area contributed by atoms with E-state index in [-0.39, 0.29) is 66.9 Å². The number of aromatic nitrogens is 4. The van der Waals surface area contributed by atoms with Gasteiger partial charge in [0.1, 0.15) is 40.7 Å². The number of carbonyl (C=O) groups excluding carboxylic acids is 6. The lowest BCUT2D eigenvalue weighted by atomic mass is 9.84. The van der Waals surface area contributed by atoms with Crippen LogP contribution in [0.3, 0.4) is 0 Å². The maximum atomic E-state index is 14.6. The van der Waals surface area contributed by atoms with E-state index in [0.717, 1.165) is 39.3 Å². The number of hydrogen-bond acceptors (Lipinski definition) is 10. The standard InChI is InChI=1S/C65H73N6O8P/c1-11-45-37(2)48-36-53-56(41(6)72)39(4)50(68-53)34-49-38(3)46(60(70-49)58-59(64(77)78-10)62(75)57-40(5)51(71-61(57)58)35-52(45)67-48)29-30-54(73)66-32-21-28-47(63(76)79-65(7,8)9)69-55(74)31-33-80(42-22-15-12-16-23-42,43-24-17-13-18-25-43)44-26-19-14-20-27-44/h12-20,22-27,34-38,45-47,59H,11,21,28-33H2,1-10H3,(H3-,66,67,68,69,70,71,72,73,74,75)/p+1/t37-,38+,45-,46+,47+,59?/m1/s1. The van der Waals surface area contributed by atoms with Gasteiger partial charge in [0.2, 0.25) is 11.8 Å². The highest BCUT2D eigenvalue weighted by Crippen LogP contribution is 2.56. The molecule has 1 unspecified atom stereocenters. The van der Waals surface area contributed by atoms with Gasteiger partial charge in [0.25, 0.3) is 0 Å². The van der Waals surface area contributed by atoms with Gasteiger partial charge >= 0.3 is 11.9 Å². The zero-order valence-corrected chi connectivity index (χ0v) is 48.5. The van der Waals surface area contributed by atoms with E-state index in [1.54, 1.807) is 27.7 Å². The first-order chi connectivity index (χ1) is 38.3. The summed E-state index contributed by atoms with van der Waals surface area (Å²) >= 11 is 0. The number of amides is 2. The van der Waals surface area contributed by atoms with Crippen molar-refractivity contribution in [3.63, 3.8) is 0 Å². The molecule has 0 spiro atoms. The molecule has 3 aliphatic rings. The summed E-state index contributed by atoms with van der Waals surface area (Å²) in [5.74, 6) is -4.11. The highest BCUT2D eigenvalue weighted by molar-refractivity contribution is 7.95. The summed E-state index contributed by atoms with van der Waals surface area (Å²) in [5, 5.41) is 9.53. The SMILES string of the molecule is CC[C@H]1c2cc3[nH]c4c(c3C)C(=O)C(C(=O)OC)c4c3nc(cc4[nH]c(cc(n2)[C@@H]1C)c(C(C)=O)c4C)[C@@H](C)[C@@H]3CCC(=O)NCCC[C@H](NC(=O)CC[P+](c1ccccc1)(c1ccccc1)c1ccccc1)C(=O)OC(C)(C)C. The molecule has 0 saturated heterocycles. The van der Waals surface area contributed by atoms with E-state index in [2.05, 4.69) is 70.8 Å². The summed E-state index contributed by atoms with van der Waals surface area (Å²) in [7, 11) is -1.06. The third-order valence-electron chi connectivity index (χ3n) is 16.4. The Balaban J connectivity index is 0.972. The maximum Gasteiger partial charge on any atom is 0.329 e. The number of ether oxygens (including phenoxy) is 2. The van der Waals surface area contributed by atoms with Gasteiger partial charge in [-0.05, 0) is 133 Å². The van der Waals surface area contributed by atoms with Gasteiger partial charge in [-0.2, -0.15) is 0 Å². The van der Waals surface area contributed by atoms with Crippen molar-refractivity contribution in [2.75, 3.05) is 19.8 Å².